The molecule has 1 unspecified atom stereocenters. The number of nitrogens with one attached hydrogen (secondary N) is 2. The zero-order valence-corrected chi connectivity index (χ0v) is 11.4. The Kier molecular flexibility index (Phi) is 3.48. The Morgan fingerprint density at radius 1 is 1.30 bits per heavy atom. The molecule has 1 amide bonds. The van der Waals surface area contributed by atoms with Crippen molar-refractivity contribution in [1.82, 2.24) is 10.3 Å². The Hall–Kier alpha value is -2.20. The molecule has 1 atom stereocenters. The van der Waals surface area contributed by atoms with Crippen LogP contribution in [0.2, 0.25) is 0 Å². The van der Waals surface area contributed by atoms with E-state index in [4.69, 9.17) is 0 Å². The van der Waals surface area contributed by atoms with Crippen molar-refractivity contribution >= 4 is 11.6 Å². The molecule has 0 radical (unpaired) electrons. The number of hydrogen-bond acceptors (Lipinski definition) is 3. The third-order valence-corrected chi connectivity index (χ3v) is 3.65. The van der Waals surface area contributed by atoms with Gasteiger partial charge in [0.2, 0.25) is 0 Å². The van der Waals surface area contributed by atoms with Crippen LogP contribution in [0.4, 0.5) is 5.69 Å². The van der Waals surface area contributed by atoms with Crippen LogP contribution < -0.4 is 10.6 Å². The molecule has 0 spiro atoms. The minimum absolute atomic E-state index is 0.0785. The van der Waals surface area contributed by atoms with E-state index in [0.717, 1.165) is 18.7 Å². The predicted molar refractivity (Wildman–Crippen MR) is 78.8 cm³/mol. The molecular formula is C16H17N3O. The molecule has 1 aliphatic heterocycles. The van der Waals surface area contributed by atoms with Gasteiger partial charge in [-0.2, -0.15) is 0 Å². The Bertz CT molecular complexity index is 625. The fourth-order valence-electron chi connectivity index (χ4n) is 2.56. The number of nitrogens with zero attached hydrogens (tertiary/aromatic N) is 1. The number of anilines is 1. The van der Waals surface area contributed by atoms with E-state index >= 15 is 0 Å². The van der Waals surface area contributed by atoms with Gasteiger partial charge in [0.05, 0.1) is 0 Å². The fraction of sp³-hybridized carbons (Fsp3) is 0.250. The molecule has 1 aliphatic rings. The molecule has 4 heteroatoms. The van der Waals surface area contributed by atoms with Gasteiger partial charge < -0.3 is 10.6 Å². The van der Waals surface area contributed by atoms with Crippen molar-refractivity contribution in [3.63, 3.8) is 0 Å². The first-order valence-electron chi connectivity index (χ1n) is 6.81. The van der Waals surface area contributed by atoms with Gasteiger partial charge in [-0.3, -0.25) is 9.78 Å². The minimum atomic E-state index is -0.0785. The maximum absolute atomic E-state index is 12.2. The molecule has 0 saturated heterocycles. The van der Waals surface area contributed by atoms with Gasteiger partial charge in [0.25, 0.3) is 5.91 Å². The number of aromatic nitrogens is 1. The average molecular weight is 267 g/mol. The van der Waals surface area contributed by atoms with Crippen LogP contribution >= 0.6 is 0 Å². The van der Waals surface area contributed by atoms with Crippen LogP contribution in [0.1, 0.15) is 34.5 Å². The van der Waals surface area contributed by atoms with E-state index in [0.29, 0.717) is 11.6 Å². The number of rotatable bonds is 2. The predicted octanol–water partition coefficient (Wildman–Crippen LogP) is 2.54. The molecule has 2 aromatic rings. The van der Waals surface area contributed by atoms with Crippen LogP contribution in [0.15, 0.2) is 42.7 Å². The monoisotopic (exact) mass is 267 g/mol. The van der Waals surface area contributed by atoms with Gasteiger partial charge in [0.15, 0.2) is 0 Å². The maximum atomic E-state index is 12.2. The highest BCUT2D eigenvalue weighted by atomic mass is 16.1. The Morgan fingerprint density at radius 2 is 2.10 bits per heavy atom. The molecular weight excluding hydrogens is 250 g/mol. The van der Waals surface area contributed by atoms with E-state index in [1.165, 1.54) is 11.1 Å². The molecule has 2 N–H and O–H groups in total. The summed E-state index contributed by atoms with van der Waals surface area (Å²) in [7, 11) is 0. The zero-order valence-electron chi connectivity index (χ0n) is 11.4. The smallest absolute Gasteiger partial charge is 0.255 e. The SMILES string of the molecule is CC1NCCc2cc(C(=O)Nc3ccncc3)ccc21. The van der Waals surface area contributed by atoms with Crippen molar-refractivity contribution in [3.05, 3.63) is 59.4 Å². The highest BCUT2D eigenvalue weighted by Gasteiger charge is 2.17. The molecule has 3 rings (SSSR count). The number of fused-ring (bicyclic) bond motifs is 1. The lowest BCUT2D eigenvalue weighted by Crippen LogP contribution is -2.28. The lowest BCUT2D eigenvalue weighted by Gasteiger charge is -2.24. The van der Waals surface area contributed by atoms with Gasteiger partial charge in [-0.05, 0) is 55.3 Å². The number of carbonyl (C=O) groups is 1. The number of carbonyl (C=O) groups excluding carboxylic acids is 1. The second-order valence-corrected chi connectivity index (χ2v) is 5.03. The minimum Gasteiger partial charge on any atom is -0.322 e. The summed E-state index contributed by atoms with van der Waals surface area (Å²) < 4.78 is 0. The summed E-state index contributed by atoms with van der Waals surface area (Å²) in [6.07, 6.45) is 4.29. The van der Waals surface area contributed by atoms with Crippen molar-refractivity contribution < 1.29 is 4.79 Å². The molecule has 2 heterocycles. The van der Waals surface area contributed by atoms with E-state index in [1.807, 2.05) is 18.2 Å². The number of benzene rings is 1. The number of amides is 1. The molecule has 0 saturated carbocycles. The largest absolute Gasteiger partial charge is 0.322 e. The van der Waals surface area contributed by atoms with E-state index in [2.05, 4.69) is 22.5 Å². The van der Waals surface area contributed by atoms with Crippen LogP contribution in [-0.4, -0.2) is 17.4 Å². The van der Waals surface area contributed by atoms with E-state index < -0.39 is 0 Å². The van der Waals surface area contributed by atoms with E-state index in [9.17, 15) is 4.79 Å². The van der Waals surface area contributed by atoms with E-state index in [-0.39, 0.29) is 5.91 Å². The summed E-state index contributed by atoms with van der Waals surface area (Å²) in [5.41, 5.74) is 4.02. The van der Waals surface area contributed by atoms with Crippen molar-refractivity contribution in [2.24, 2.45) is 0 Å². The highest BCUT2D eigenvalue weighted by molar-refractivity contribution is 6.04. The molecule has 1 aromatic carbocycles. The summed E-state index contributed by atoms with van der Waals surface area (Å²) in [6, 6.07) is 9.86. The average Bonchev–Trinajstić information content (AvgIpc) is 2.48. The summed E-state index contributed by atoms with van der Waals surface area (Å²) in [4.78, 5) is 16.2. The third-order valence-electron chi connectivity index (χ3n) is 3.65. The van der Waals surface area contributed by atoms with Gasteiger partial charge in [0.1, 0.15) is 0 Å². The molecule has 0 bridgehead atoms. The standard InChI is InChI=1S/C16H17N3O/c1-11-15-3-2-13(10-12(15)4-9-18-11)16(20)19-14-5-7-17-8-6-14/h2-3,5-8,10-11,18H,4,9H2,1H3,(H,17,19,20). The van der Waals surface area contributed by atoms with Gasteiger partial charge >= 0.3 is 0 Å². The van der Waals surface area contributed by atoms with Crippen molar-refractivity contribution in [2.45, 2.75) is 19.4 Å². The zero-order chi connectivity index (χ0) is 13.9. The van der Waals surface area contributed by atoms with Gasteiger partial charge in [-0.1, -0.05) is 6.07 Å². The lowest BCUT2D eigenvalue weighted by atomic mass is 9.93. The summed E-state index contributed by atoms with van der Waals surface area (Å²) in [5.74, 6) is -0.0785. The molecule has 4 nitrogen and oxygen atoms in total. The third kappa shape index (κ3) is 2.56. The molecule has 102 valence electrons. The normalized spacial score (nSPS) is 17.4. The second-order valence-electron chi connectivity index (χ2n) is 5.03. The number of hydrogen-bond donors (Lipinski definition) is 2. The van der Waals surface area contributed by atoms with E-state index in [1.54, 1.807) is 24.5 Å². The first kappa shape index (κ1) is 12.8. The molecule has 20 heavy (non-hydrogen) atoms. The van der Waals surface area contributed by atoms with Crippen molar-refractivity contribution in [3.8, 4) is 0 Å². The van der Waals surface area contributed by atoms with Crippen LogP contribution in [0, 0.1) is 0 Å². The Labute approximate surface area is 118 Å². The first-order chi connectivity index (χ1) is 9.74. The van der Waals surface area contributed by atoms with Gasteiger partial charge in [-0.15, -0.1) is 0 Å². The fourth-order valence-corrected chi connectivity index (χ4v) is 2.56. The van der Waals surface area contributed by atoms with Gasteiger partial charge in [0, 0.05) is 29.7 Å². The Morgan fingerprint density at radius 3 is 2.90 bits per heavy atom. The van der Waals surface area contributed by atoms with Crippen LogP contribution in [0.5, 0.6) is 0 Å². The second kappa shape index (κ2) is 5.43. The summed E-state index contributed by atoms with van der Waals surface area (Å²) in [5, 5.41) is 6.30. The Balaban J connectivity index is 1.82. The van der Waals surface area contributed by atoms with Gasteiger partial charge in [-0.25, -0.2) is 0 Å². The quantitative estimate of drug-likeness (QED) is 0.879. The van der Waals surface area contributed by atoms with Crippen molar-refractivity contribution in [1.29, 1.82) is 0 Å². The molecule has 0 aliphatic carbocycles. The van der Waals surface area contributed by atoms with Crippen LogP contribution in [-0.2, 0) is 6.42 Å². The van der Waals surface area contributed by atoms with Crippen molar-refractivity contribution in [2.75, 3.05) is 11.9 Å². The maximum Gasteiger partial charge on any atom is 0.255 e. The number of pyridine rings is 1. The summed E-state index contributed by atoms with van der Waals surface area (Å²) >= 11 is 0. The topological polar surface area (TPSA) is 54.0 Å². The first-order valence-corrected chi connectivity index (χ1v) is 6.81. The molecule has 1 aromatic heterocycles. The van der Waals surface area contributed by atoms with Crippen LogP contribution in [0.25, 0.3) is 0 Å². The molecule has 0 fully saturated rings. The van der Waals surface area contributed by atoms with Crippen LogP contribution in [0.3, 0.4) is 0 Å². The lowest BCUT2D eigenvalue weighted by molar-refractivity contribution is 0.102. The summed E-state index contributed by atoms with van der Waals surface area (Å²) in [6.45, 7) is 3.11. The highest BCUT2D eigenvalue weighted by Crippen LogP contribution is 2.23.